The van der Waals surface area contributed by atoms with E-state index in [1.54, 1.807) is 0 Å². The molecule has 0 radical (unpaired) electrons. The van der Waals surface area contributed by atoms with Crippen LogP contribution in [0.15, 0.2) is 23.1 Å². The Morgan fingerprint density at radius 2 is 1.96 bits per heavy atom. The van der Waals surface area contributed by atoms with Crippen LogP contribution in [0.2, 0.25) is 0 Å². The summed E-state index contributed by atoms with van der Waals surface area (Å²) in [6.45, 7) is 0.497. The van der Waals surface area contributed by atoms with Crippen molar-refractivity contribution in [2.45, 2.75) is 36.6 Å². The first-order valence-electron chi connectivity index (χ1n) is 7.75. The van der Waals surface area contributed by atoms with Gasteiger partial charge in [0.15, 0.2) is 5.75 Å². The predicted molar refractivity (Wildman–Crippen MR) is 87.7 cm³/mol. The summed E-state index contributed by atoms with van der Waals surface area (Å²) in [5, 5.41) is 11.2. The molecule has 0 heterocycles. The van der Waals surface area contributed by atoms with Gasteiger partial charge in [0.05, 0.1) is 23.5 Å². The van der Waals surface area contributed by atoms with Crippen molar-refractivity contribution in [3.05, 3.63) is 28.3 Å². The van der Waals surface area contributed by atoms with E-state index in [-0.39, 0.29) is 35.5 Å². The van der Waals surface area contributed by atoms with Crippen molar-refractivity contribution in [1.29, 1.82) is 0 Å². The highest BCUT2D eigenvalue weighted by Crippen LogP contribution is 2.33. The molecular formula is C15H22N2O6S. The first-order valence-corrected chi connectivity index (χ1v) is 9.19. The second-order valence-electron chi connectivity index (χ2n) is 5.64. The number of rotatable bonds is 8. The van der Waals surface area contributed by atoms with E-state index >= 15 is 0 Å². The van der Waals surface area contributed by atoms with Crippen LogP contribution in [0.4, 0.5) is 5.69 Å². The van der Waals surface area contributed by atoms with E-state index in [0.29, 0.717) is 0 Å². The fourth-order valence-corrected chi connectivity index (χ4v) is 4.67. The number of methoxy groups -OCH3 is 2. The highest BCUT2D eigenvalue weighted by molar-refractivity contribution is 7.89. The molecule has 1 fully saturated rings. The molecule has 0 aliphatic heterocycles. The monoisotopic (exact) mass is 358 g/mol. The maximum Gasteiger partial charge on any atom is 0.312 e. The summed E-state index contributed by atoms with van der Waals surface area (Å²) < 4.78 is 37.4. The third kappa shape index (κ3) is 3.85. The molecule has 0 atom stereocenters. The second-order valence-corrected chi connectivity index (χ2v) is 7.53. The Bertz CT molecular complexity index is 685. The van der Waals surface area contributed by atoms with Gasteiger partial charge in [0.1, 0.15) is 0 Å². The van der Waals surface area contributed by atoms with Crippen LogP contribution in [0.3, 0.4) is 0 Å². The van der Waals surface area contributed by atoms with Crippen molar-refractivity contribution in [1.82, 2.24) is 4.31 Å². The van der Waals surface area contributed by atoms with Gasteiger partial charge in [-0.25, -0.2) is 8.42 Å². The van der Waals surface area contributed by atoms with Crippen molar-refractivity contribution in [2.24, 2.45) is 0 Å². The minimum absolute atomic E-state index is 0.0308. The highest BCUT2D eigenvalue weighted by Gasteiger charge is 2.34. The van der Waals surface area contributed by atoms with Crippen molar-refractivity contribution < 1.29 is 22.8 Å². The quantitative estimate of drug-likeness (QED) is 0.522. The summed E-state index contributed by atoms with van der Waals surface area (Å²) in [5.74, 6) is 0.0308. The summed E-state index contributed by atoms with van der Waals surface area (Å²) in [6.07, 6.45) is 3.54. The van der Waals surface area contributed by atoms with Gasteiger partial charge in [-0.1, -0.05) is 12.8 Å². The Labute approximate surface area is 141 Å². The molecule has 0 aromatic heterocycles. The summed E-state index contributed by atoms with van der Waals surface area (Å²) >= 11 is 0. The molecule has 0 N–H and O–H groups in total. The van der Waals surface area contributed by atoms with Gasteiger partial charge in [-0.2, -0.15) is 4.31 Å². The summed E-state index contributed by atoms with van der Waals surface area (Å²) in [7, 11) is -1.03. The molecule has 0 bridgehead atoms. The van der Waals surface area contributed by atoms with Crippen LogP contribution >= 0.6 is 0 Å². The lowest BCUT2D eigenvalue weighted by Crippen LogP contribution is -2.40. The normalized spacial score (nSPS) is 15.8. The van der Waals surface area contributed by atoms with Crippen molar-refractivity contribution in [3.63, 3.8) is 0 Å². The van der Waals surface area contributed by atoms with Crippen LogP contribution < -0.4 is 4.74 Å². The standard InChI is InChI=1S/C15H22N2O6S/c1-22-10-9-16(12-5-3-4-6-12)24(20,21)13-7-8-15(23-2)14(11-13)17(18)19/h7-8,11-12H,3-6,9-10H2,1-2H3. The number of nitro benzene ring substituents is 1. The number of benzene rings is 1. The van der Waals surface area contributed by atoms with Crippen LogP contribution in [0, 0.1) is 10.1 Å². The van der Waals surface area contributed by atoms with Gasteiger partial charge in [0, 0.05) is 25.8 Å². The Hall–Kier alpha value is -1.71. The molecule has 1 saturated carbocycles. The zero-order chi connectivity index (χ0) is 17.7. The maximum atomic E-state index is 13.0. The smallest absolute Gasteiger partial charge is 0.312 e. The van der Waals surface area contributed by atoms with Gasteiger partial charge < -0.3 is 9.47 Å². The van der Waals surface area contributed by atoms with Gasteiger partial charge in [-0.15, -0.1) is 0 Å². The van der Waals surface area contributed by atoms with E-state index < -0.39 is 14.9 Å². The second kappa shape index (κ2) is 7.91. The van der Waals surface area contributed by atoms with E-state index in [9.17, 15) is 18.5 Å². The van der Waals surface area contributed by atoms with E-state index in [0.717, 1.165) is 31.7 Å². The molecule has 1 aliphatic rings. The molecule has 134 valence electrons. The average molecular weight is 358 g/mol. The molecule has 0 spiro atoms. The molecule has 0 unspecified atom stereocenters. The number of hydrogen-bond donors (Lipinski definition) is 0. The number of hydrogen-bond acceptors (Lipinski definition) is 6. The van der Waals surface area contributed by atoms with Gasteiger partial charge in [0.2, 0.25) is 10.0 Å². The highest BCUT2D eigenvalue weighted by atomic mass is 32.2. The van der Waals surface area contributed by atoms with Crippen LogP contribution in [0.25, 0.3) is 0 Å². The first-order chi connectivity index (χ1) is 11.4. The van der Waals surface area contributed by atoms with Crippen LogP contribution in [-0.2, 0) is 14.8 Å². The fraction of sp³-hybridized carbons (Fsp3) is 0.600. The summed E-state index contributed by atoms with van der Waals surface area (Å²) in [5.41, 5.74) is -0.364. The first kappa shape index (κ1) is 18.6. The van der Waals surface area contributed by atoms with Crippen molar-refractivity contribution in [2.75, 3.05) is 27.4 Å². The maximum absolute atomic E-state index is 13.0. The molecule has 8 nitrogen and oxygen atoms in total. The molecule has 24 heavy (non-hydrogen) atoms. The third-order valence-electron chi connectivity index (χ3n) is 4.20. The zero-order valence-corrected chi connectivity index (χ0v) is 14.6. The molecule has 1 aromatic carbocycles. The third-order valence-corrected chi connectivity index (χ3v) is 6.15. The minimum Gasteiger partial charge on any atom is -0.490 e. The number of sulfonamides is 1. The lowest BCUT2D eigenvalue weighted by molar-refractivity contribution is -0.386. The fourth-order valence-electron chi connectivity index (χ4n) is 2.98. The van der Waals surface area contributed by atoms with Crippen molar-refractivity contribution >= 4 is 15.7 Å². The SMILES string of the molecule is COCCN(C1CCCC1)S(=O)(=O)c1ccc(OC)c([N+](=O)[O-])c1. The number of nitro groups is 1. The Morgan fingerprint density at radius 3 is 2.50 bits per heavy atom. The lowest BCUT2D eigenvalue weighted by Gasteiger charge is -2.27. The Balaban J connectivity index is 2.42. The zero-order valence-electron chi connectivity index (χ0n) is 13.8. The van der Waals surface area contributed by atoms with Gasteiger partial charge >= 0.3 is 5.69 Å². The average Bonchev–Trinajstić information content (AvgIpc) is 3.08. The molecule has 0 amide bonds. The molecule has 1 aliphatic carbocycles. The van der Waals surface area contributed by atoms with Crippen LogP contribution in [0.1, 0.15) is 25.7 Å². The molecule has 1 aromatic rings. The molecular weight excluding hydrogens is 336 g/mol. The minimum atomic E-state index is -3.84. The van der Waals surface area contributed by atoms with Gasteiger partial charge in [-0.05, 0) is 25.0 Å². The number of nitrogens with zero attached hydrogens (tertiary/aromatic N) is 2. The summed E-state index contributed by atoms with van der Waals surface area (Å²) in [4.78, 5) is 10.4. The number of ether oxygens (including phenoxy) is 2. The van der Waals surface area contributed by atoms with E-state index in [1.807, 2.05) is 0 Å². The summed E-state index contributed by atoms with van der Waals surface area (Å²) in [6, 6.07) is 3.62. The predicted octanol–water partition coefficient (Wildman–Crippen LogP) is 2.18. The van der Waals surface area contributed by atoms with Gasteiger partial charge in [-0.3, -0.25) is 10.1 Å². The lowest BCUT2D eigenvalue weighted by atomic mass is 10.2. The van der Waals surface area contributed by atoms with E-state index in [4.69, 9.17) is 9.47 Å². The Morgan fingerprint density at radius 1 is 1.29 bits per heavy atom. The van der Waals surface area contributed by atoms with E-state index in [2.05, 4.69) is 0 Å². The van der Waals surface area contributed by atoms with E-state index in [1.165, 1.54) is 30.7 Å². The van der Waals surface area contributed by atoms with Crippen LogP contribution in [0.5, 0.6) is 5.75 Å². The topological polar surface area (TPSA) is 99.0 Å². The van der Waals surface area contributed by atoms with Crippen molar-refractivity contribution in [3.8, 4) is 5.75 Å². The largest absolute Gasteiger partial charge is 0.490 e. The Kier molecular flexibility index (Phi) is 6.14. The molecule has 2 rings (SSSR count). The molecule has 0 saturated heterocycles. The van der Waals surface area contributed by atoms with Crippen LogP contribution in [-0.4, -0.2) is 51.1 Å². The van der Waals surface area contributed by atoms with Gasteiger partial charge in [0.25, 0.3) is 0 Å². The molecule has 9 heteroatoms.